The summed E-state index contributed by atoms with van der Waals surface area (Å²) in [5.74, 6) is 2.13. The molecule has 30 heavy (non-hydrogen) atoms. The number of halogens is 2. The molecule has 1 unspecified atom stereocenters. The van der Waals surface area contributed by atoms with Crippen molar-refractivity contribution in [3.63, 3.8) is 0 Å². The smallest absolute Gasteiger partial charge is 0.225 e. The lowest BCUT2D eigenvalue weighted by Gasteiger charge is -2.21. The molecule has 2 N–H and O–H groups in total. The fourth-order valence-electron chi connectivity index (χ4n) is 4.14. The Balaban J connectivity index is 0.00000320. The van der Waals surface area contributed by atoms with E-state index in [1.165, 1.54) is 12.8 Å². The summed E-state index contributed by atoms with van der Waals surface area (Å²) < 4.78 is 5.69. The number of nitrogens with zero attached hydrogens (tertiary/aromatic N) is 2. The predicted octanol–water partition coefficient (Wildman–Crippen LogP) is 4.20. The van der Waals surface area contributed by atoms with E-state index in [1.54, 1.807) is 0 Å². The van der Waals surface area contributed by atoms with Crippen LogP contribution in [0.5, 0.6) is 5.75 Å². The maximum absolute atomic E-state index is 12.7. The van der Waals surface area contributed by atoms with Gasteiger partial charge in [0, 0.05) is 42.2 Å². The molecule has 1 saturated carbocycles. The third-order valence-corrected chi connectivity index (χ3v) is 5.86. The van der Waals surface area contributed by atoms with E-state index in [1.807, 2.05) is 30.0 Å². The van der Waals surface area contributed by atoms with Gasteiger partial charge in [0.1, 0.15) is 5.75 Å². The molecule has 2 fully saturated rings. The molecular weight excluding hydrogens is 515 g/mol. The maximum atomic E-state index is 12.7. The Morgan fingerprint density at radius 1 is 1.27 bits per heavy atom. The Morgan fingerprint density at radius 2 is 2.03 bits per heavy atom. The second kappa shape index (κ2) is 12.6. The minimum absolute atomic E-state index is 0. The van der Waals surface area contributed by atoms with Gasteiger partial charge < -0.3 is 20.3 Å². The Kier molecular flexibility index (Phi) is 10.5. The van der Waals surface area contributed by atoms with Gasteiger partial charge in [-0.3, -0.25) is 4.79 Å². The number of carbonyl (C=O) groups is 1. The van der Waals surface area contributed by atoms with Gasteiger partial charge in [-0.05, 0) is 45.2 Å². The Labute approximate surface area is 202 Å². The Morgan fingerprint density at radius 3 is 2.73 bits per heavy atom. The first-order chi connectivity index (χ1) is 14.1. The zero-order valence-corrected chi connectivity index (χ0v) is 21.0. The van der Waals surface area contributed by atoms with Crippen molar-refractivity contribution in [1.29, 1.82) is 0 Å². The molecular formula is C22H34ClIN4O2. The molecule has 1 saturated heterocycles. The van der Waals surface area contributed by atoms with Crippen LogP contribution in [0.3, 0.4) is 0 Å². The summed E-state index contributed by atoms with van der Waals surface area (Å²) in [6, 6.07) is 5.88. The van der Waals surface area contributed by atoms with E-state index in [-0.39, 0.29) is 35.9 Å². The molecule has 2 aliphatic rings. The fraction of sp³-hybridized carbons (Fsp3) is 0.636. The fourth-order valence-corrected chi connectivity index (χ4v) is 4.30. The van der Waals surface area contributed by atoms with Crippen molar-refractivity contribution in [3.05, 3.63) is 28.8 Å². The topological polar surface area (TPSA) is 66.0 Å². The summed E-state index contributed by atoms with van der Waals surface area (Å²) in [5, 5.41) is 7.47. The maximum Gasteiger partial charge on any atom is 0.225 e. The van der Waals surface area contributed by atoms with Crippen molar-refractivity contribution in [1.82, 2.24) is 15.5 Å². The van der Waals surface area contributed by atoms with E-state index in [2.05, 4.69) is 17.6 Å². The van der Waals surface area contributed by atoms with Crippen molar-refractivity contribution in [2.75, 3.05) is 26.2 Å². The number of likely N-dealkylation sites (tertiary alicyclic amines) is 1. The monoisotopic (exact) mass is 548 g/mol. The van der Waals surface area contributed by atoms with Crippen LogP contribution >= 0.6 is 35.6 Å². The molecule has 0 bridgehead atoms. The molecule has 1 aliphatic heterocycles. The van der Waals surface area contributed by atoms with Gasteiger partial charge in [0.2, 0.25) is 5.91 Å². The van der Waals surface area contributed by atoms with E-state index >= 15 is 0 Å². The van der Waals surface area contributed by atoms with Gasteiger partial charge in [-0.2, -0.15) is 0 Å². The van der Waals surface area contributed by atoms with Gasteiger partial charge in [-0.1, -0.05) is 30.5 Å². The van der Waals surface area contributed by atoms with Gasteiger partial charge in [0.15, 0.2) is 5.96 Å². The molecule has 1 atom stereocenters. The second-order valence-corrected chi connectivity index (χ2v) is 8.21. The molecule has 1 amide bonds. The number of benzene rings is 1. The first kappa shape index (κ1) is 25.0. The van der Waals surface area contributed by atoms with Gasteiger partial charge in [-0.15, -0.1) is 24.0 Å². The van der Waals surface area contributed by atoms with E-state index in [9.17, 15) is 4.79 Å². The highest BCUT2D eigenvalue weighted by Gasteiger charge is 2.32. The lowest BCUT2D eigenvalue weighted by molar-refractivity contribution is -0.134. The number of guanidine groups is 1. The minimum atomic E-state index is 0. The third kappa shape index (κ3) is 6.90. The van der Waals surface area contributed by atoms with Crippen LogP contribution in [0, 0.1) is 5.92 Å². The van der Waals surface area contributed by atoms with Gasteiger partial charge in [0.25, 0.3) is 0 Å². The van der Waals surface area contributed by atoms with Crippen LogP contribution in [0.4, 0.5) is 0 Å². The van der Waals surface area contributed by atoms with Crippen molar-refractivity contribution in [2.45, 2.75) is 58.5 Å². The van der Waals surface area contributed by atoms with E-state index in [0.29, 0.717) is 24.1 Å². The Bertz CT molecular complexity index is 725. The average Bonchev–Trinajstić information content (AvgIpc) is 3.39. The molecule has 0 spiro atoms. The van der Waals surface area contributed by atoms with Crippen LogP contribution in [-0.4, -0.2) is 49.0 Å². The highest BCUT2D eigenvalue weighted by molar-refractivity contribution is 14.0. The summed E-state index contributed by atoms with van der Waals surface area (Å²) in [5.41, 5.74) is 0.998. The molecule has 1 aromatic carbocycles. The standard InChI is InChI=1S/C22H33ClN4O2.HI/c1-3-24-22(25-14-17-9-10-18(23)13-20(17)29-4-2)26-19-11-12-27(15-19)21(28)16-7-5-6-8-16;/h9-10,13,16,19H,3-8,11-12,14-15H2,1-2H3,(H2,24,25,26);1H. The molecule has 0 radical (unpaired) electrons. The number of hydrogen-bond donors (Lipinski definition) is 2. The van der Waals surface area contributed by atoms with Crippen LogP contribution < -0.4 is 15.4 Å². The number of nitrogens with one attached hydrogen (secondary N) is 2. The molecule has 1 heterocycles. The highest BCUT2D eigenvalue weighted by atomic mass is 127. The SMILES string of the molecule is CCNC(=NCc1ccc(Cl)cc1OCC)NC1CCN(C(=O)C2CCCC2)C1.I. The zero-order valence-electron chi connectivity index (χ0n) is 18.0. The minimum Gasteiger partial charge on any atom is -0.493 e. The van der Waals surface area contributed by atoms with Crippen molar-refractivity contribution in [2.24, 2.45) is 10.9 Å². The van der Waals surface area contributed by atoms with Crippen LogP contribution in [-0.2, 0) is 11.3 Å². The normalized spacial score (nSPS) is 19.5. The molecule has 3 rings (SSSR count). The summed E-state index contributed by atoms with van der Waals surface area (Å²) in [6.07, 6.45) is 5.45. The first-order valence-electron chi connectivity index (χ1n) is 10.9. The predicted molar refractivity (Wildman–Crippen MR) is 133 cm³/mol. The van der Waals surface area contributed by atoms with Crippen LogP contribution in [0.1, 0.15) is 51.5 Å². The lowest BCUT2D eigenvalue weighted by Crippen LogP contribution is -2.45. The average molecular weight is 549 g/mol. The van der Waals surface area contributed by atoms with Crippen molar-refractivity contribution >= 4 is 47.4 Å². The molecule has 1 aliphatic carbocycles. The molecule has 168 valence electrons. The third-order valence-electron chi connectivity index (χ3n) is 5.63. The number of rotatable bonds is 7. The van der Waals surface area contributed by atoms with E-state index in [4.69, 9.17) is 21.3 Å². The van der Waals surface area contributed by atoms with Crippen LogP contribution in [0.25, 0.3) is 0 Å². The number of hydrogen-bond acceptors (Lipinski definition) is 3. The summed E-state index contributed by atoms with van der Waals surface area (Å²) in [6.45, 7) is 7.46. The Hall–Kier alpha value is -1.22. The van der Waals surface area contributed by atoms with E-state index in [0.717, 1.165) is 56.2 Å². The van der Waals surface area contributed by atoms with Crippen LogP contribution in [0.2, 0.25) is 5.02 Å². The molecule has 1 aromatic rings. The largest absolute Gasteiger partial charge is 0.493 e. The molecule has 0 aromatic heterocycles. The van der Waals surface area contributed by atoms with Crippen molar-refractivity contribution < 1.29 is 9.53 Å². The van der Waals surface area contributed by atoms with Gasteiger partial charge >= 0.3 is 0 Å². The summed E-state index contributed by atoms with van der Waals surface area (Å²) >= 11 is 6.09. The van der Waals surface area contributed by atoms with Crippen molar-refractivity contribution in [3.8, 4) is 5.75 Å². The quantitative estimate of drug-likeness (QED) is 0.305. The molecule has 6 nitrogen and oxygen atoms in total. The summed E-state index contributed by atoms with van der Waals surface area (Å²) in [4.78, 5) is 19.4. The number of aliphatic imine (C=N–C) groups is 1. The first-order valence-corrected chi connectivity index (χ1v) is 11.2. The number of ether oxygens (including phenoxy) is 1. The number of carbonyl (C=O) groups excluding carboxylic acids is 1. The zero-order chi connectivity index (χ0) is 20.6. The van der Waals surface area contributed by atoms with E-state index < -0.39 is 0 Å². The molecule has 8 heteroatoms. The lowest BCUT2D eigenvalue weighted by atomic mass is 10.1. The summed E-state index contributed by atoms with van der Waals surface area (Å²) in [7, 11) is 0. The number of amides is 1. The van der Waals surface area contributed by atoms with Gasteiger partial charge in [0.05, 0.1) is 13.2 Å². The second-order valence-electron chi connectivity index (χ2n) is 7.78. The van der Waals surface area contributed by atoms with Gasteiger partial charge in [-0.25, -0.2) is 4.99 Å². The highest BCUT2D eigenvalue weighted by Crippen LogP contribution is 2.28. The van der Waals surface area contributed by atoms with Crippen LogP contribution in [0.15, 0.2) is 23.2 Å².